The molecule has 2 amide bonds. The zero-order valence-corrected chi connectivity index (χ0v) is 20.9. The molecule has 2 fully saturated rings. The zero-order valence-electron chi connectivity index (χ0n) is 20.9. The van der Waals surface area contributed by atoms with Gasteiger partial charge in [0.2, 0.25) is 5.91 Å². The topological polar surface area (TPSA) is 47.1 Å². The minimum absolute atomic E-state index is 0.0275. The Balaban J connectivity index is 1.40. The Morgan fingerprint density at radius 3 is 2.19 bits per heavy atom. The molecule has 2 heterocycles. The first kappa shape index (κ1) is 27.1. The number of nitrogens with zero attached hydrogens (tertiary/aromatic N) is 4. The van der Waals surface area contributed by atoms with Crippen LogP contribution in [-0.4, -0.2) is 85.4 Å². The Morgan fingerprint density at radius 1 is 0.946 bits per heavy atom. The second-order valence-electron chi connectivity index (χ2n) is 9.71. The quantitative estimate of drug-likeness (QED) is 0.538. The predicted molar refractivity (Wildman–Crippen MR) is 133 cm³/mol. The SMILES string of the molecule is CN1CCN(CCC(=O)N(c2ccccc2)C2CCN(C(=O)c3ccc(C(F)(F)F)c(F)c3)CC2)CC1. The first-order chi connectivity index (χ1) is 17.6. The molecule has 37 heavy (non-hydrogen) atoms. The van der Waals surface area contributed by atoms with E-state index >= 15 is 0 Å². The first-order valence-electron chi connectivity index (χ1n) is 12.6. The average molecular weight is 521 g/mol. The van der Waals surface area contributed by atoms with E-state index in [4.69, 9.17) is 0 Å². The summed E-state index contributed by atoms with van der Waals surface area (Å²) >= 11 is 0. The van der Waals surface area contributed by atoms with Crippen molar-refractivity contribution in [2.75, 3.05) is 57.8 Å². The largest absolute Gasteiger partial charge is 0.419 e. The molecule has 0 spiro atoms. The number of hydrogen-bond donors (Lipinski definition) is 0. The van der Waals surface area contributed by atoms with Crippen LogP contribution in [0, 0.1) is 5.82 Å². The Bertz CT molecular complexity index is 1080. The van der Waals surface area contributed by atoms with Crippen LogP contribution in [0.4, 0.5) is 23.2 Å². The number of amides is 2. The molecule has 0 saturated carbocycles. The third-order valence-corrected chi connectivity index (χ3v) is 7.18. The van der Waals surface area contributed by atoms with Crippen molar-refractivity contribution in [2.24, 2.45) is 0 Å². The Morgan fingerprint density at radius 2 is 1.59 bits per heavy atom. The van der Waals surface area contributed by atoms with Crippen LogP contribution in [0.3, 0.4) is 0 Å². The van der Waals surface area contributed by atoms with Crippen LogP contribution in [0.15, 0.2) is 48.5 Å². The van der Waals surface area contributed by atoms with Crippen LogP contribution in [0.25, 0.3) is 0 Å². The lowest BCUT2D eigenvalue weighted by molar-refractivity contribution is -0.140. The van der Waals surface area contributed by atoms with Gasteiger partial charge in [0.1, 0.15) is 5.82 Å². The van der Waals surface area contributed by atoms with Gasteiger partial charge in [0.15, 0.2) is 0 Å². The molecule has 2 aliphatic rings. The van der Waals surface area contributed by atoms with Crippen LogP contribution in [-0.2, 0) is 11.0 Å². The van der Waals surface area contributed by atoms with Crippen LogP contribution in [0.2, 0.25) is 0 Å². The van der Waals surface area contributed by atoms with Gasteiger partial charge in [-0.05, 0) is 50.2 Å². The fourth-order valence-corrected chi connectivity index (χ4v) is 4.98. The van der Waals surface area contributed by atoms with Gasteiger partial charge >= 0.3 is 6.18 Å². The fraction of sp³-hybridized carbons (Fsp3) is 0.481. The summed E-state index contributed by atoms with van der Waals surface area (Å²) < 4.78 is 52.6. The van der Waals surface area contributed by atoms with E-state index < -0.39 is 23.5 Å². The molecule has 0 bridgehead atoms. The van der Waals surface area contributed by atoms with E-state index in [2.05, 4.69) is 16.8 Å². The van der Waals surface area contributed by atoms with E-state index in [-0.39, 0.29) is 17.5 Å². The number of hydrogen-bond acceptors (Lipinski definition) is 4. The highest BCUT2D eigenvalue weighted by Gasteiger charge is 2.35. The van der Waals surface area contributed by atoms with Crippen molar-refractivity contribution in [1.29, 1.82) is 0 Å². The fourth-order valence-electron chi connectivity index (χ4n) is 4.98. The van der Waals surface area contributed by atoms with Gasteiger partial charge in [0, 0.05) is 69.5 Å². The molecule has 2 aromatic carbocycles. The molecule has 4 rings (SSSR count). The maximum atomic E-state index is 14.0. The standard InChI is InChI=1S/C27H32F4N4O2/c1-32-15-17-33(18-16-32)12-11-25(36)35(21-5-3-2-4-6-21)22-9-13-34(14-10-22)26(37)20-7-8-23(24(28)19-20)27(29,30)31/h2-8,19,22H,9-18H2,1H3. The van der Waals surface area contributed by atoms with Gasteiger partial charge in [0.25, 0.3) is 5.91 Å². The molecule has 2 saturated heterocycles. The van der Waals surface area contributed by atoms with Crippen LogP contribution >= 0.6 is 0 Å². The summed E-state index contributed by atoms with van der Waals surface area (Å²) in [5.74, 6) is -1.95. The maximum Gasteiger partial charge on any atom is 0.419 e. The highest BCUT2D eigenvalue weighted by molar-refractivity contribution is 5.95. The number of carbonyl (C=O) groups is 2. The summed E-state index contributed by atoms with van der Waals surface area (Å²) in [5, 5.41) is 0. The summed E-state index contributed by atoms with van der Waals surface area (Å²) in [6, 6.07) is 11.6. The van der Waals surface area contributed by atoms with Crippen molar-refractivity contribution < 1.29 is 27.2 Å². The highest BCUT2D eigenvalue weighted by Crippen LogP contribution is 2.32. The Hall–Kier alpha value is -2.98. The number of alkyl halides is 3. The first-order valence-corrected chi connectivity index (χ1v) is 12.6. The molecular weight excluding hydrogens is 488 g/mol. The summed E-state index contributed by atoms with van der Waals surface area (Å²) in [6.45, 7) is 5.15. The van der Waals surface area contributed by atoms with Gasteiger partial charge < -0.3 is 19.6 Å². The maximum absolute atomic E-state index is 14.0. The van der Waals surface area contributed by atoms with E-state index in [1.165, 1.54) is 4.90 Å². The molecule has 0 radical (unpaired) electrons. The van der Waals surface area contributed by atoms with E-state index in [1.807, 2.05) is 35.2 Å². The predicted octanol–water partition coefficient (Wildman–Crippen LogP) is 4.12. The van der Waals surface area contributed by atoms with Gasteiger partial charge in [-0.3, -0.25) is 9.59 Å². The van der Waals surface area contributed by atoms with Crippen molar-refractivity contribution >= 4 is 17.5 Å². The molecule has 0 unspecified atom stereocenters. The van der Waals surface area contributed by atoms with Crippen molar-refractivity contribution in [3.05, 3.63) is 65.5 Å². The van der Waals surface area contributed by atoms with Gasteiger partial charge in [0.05, 0.1) is 5.56 Å². The molecule has 2 aromatic rings. The molecule has 0 aromatic heterocycles. The average Bonchev–Trinajstić information content (AvgIpc) is 2.88. The van der Waals surface area contributed by atoms with Crippen LogP contribution in [0.5, 0.6) is 0 Å². The second kappa shape index (κ2) is 11.6. The lowest BCUT2D eigenvalue weighted by Crippen LogP contribution is -2.50. The van der Waals surface area contributed by atoms with Gasteiger partial charge in [-0.25, -0.2) is 4.39 Å². The van der Waals surface area contributed by atoms with Crippen molar-refractivity contribution in [2.45, 2.75) is 31.5 Å². The molecular formula is C27H32F4N4O2. The number of likely N-dealkylation sites (N-methyl/N-ethyl adjacent to an activating group) is 1. The lowest BCUT2D eigenvalue weighted by atomic mass is 10.00. The van der Waals surface area contributed by atoms with Gasteiger partial charge in [-0.15, -0.1) is 0 Å². The third kappa shape index (κ3) is 6.67. The summed E-state index contributed by atoms with van der Waals surface area (Å²) in [6.07, 6.45) is -3.39. The lowest BCUT2D eigenvalue weighted by Gasteiger charge is -2.39. The number of rotatable bonds is 6. The molecule has 10 heteroatoms. The Labute approximate surface area is 214 Å². The van der Waals surface area contributed by atoms with Crippen molar-refractivity contribution in [3.63, 3.8) is 0 Å². The number of anilines is 1. The number of benzene rings is 2. The zero-order chi connectivity index (χ0) is 26.6. The molecule has 0 aliphatic carbocycles. The molecule has 0 N–H and O–H groups in total. The number of para-hydroxylation sites is 1. The number of piperidine rings is 1. The van der Waals surface area contributed by atoms with Gasteiger partial charge in [-0.2, -0.15) is 13.2 Å². The monoisotopic (exact) mass is 520 g/mol. The molecule has 200 valence electrons. The summed E-state index contributed by atoms with van der Waals surface area (Å²) in [5.41, 5.74) is -0.705. The van der Waals surface area contributed by atoms with Gasteiger partial charge in [-0.1, -0.05) is 18.2 Å². The van der Waals surface area contributed by atoms with Crippen molar-refractivity contribution in [3.8, 4) is 0 Å². The Kier molecular flexibility index (Phi) is 8.49. The van der Waals surface area contributed by atoms with E-state index in [9.17, 15) is 27.2 Å². The van der Waals surface area contributed by atoms with E-state index in [0.29, 0.717) is 51.0 Å². The van der Waals surface area contributed by atoms with E-state index in [0.717, 1.165) is 37.9 Å². The van der Waals surface area contributed by atoms with Crippen LogP contribution < -0.4 is 4.90 Å². The number of carbonyl (C=O) groups excluding carboxylic acids is 2. The molecule has 2 aliphatic heterocycles. The third-order valence-electron chi connectivity index (χ3n) is 7.18. The van der Waals surface area contributed by atoms with E-state index in [1.54, 1.807) is 0 Å². The molecule has 6 nitrogen and oxygen atoms in total. The minimum atomic E-state index is -4.82. The minimum Gasteiger partial charge on any atom is -0.338 e. The molecule has 0 atom stereocenters. The number of piperazine rings is 1. The van der Waals surface area contributed by atoms with Crippen molar-refractivity contribution in [1.82, 2.24) is 14.7 Å². The smallest absolute Gasteiger partial charge is 0.338 e. The number of likely N-dealkylation sites (tertiary alicyclic amines) is 1. The van der Waals surface area contributed by atoms with Crippen LogP contribution in [0.1, 0.15) is 35.2 Å². The summed E-state index contributed by atoms with van der Waals surface area (Å²) in [7, 11) is 2.09. The summed E-state index contributed by atoms with van der Waals surface area (Å²) in [4.78, 5) is 34.2. The normalized spacial score (nSPS) is 18.1. The highest BCUT2D eigenvalue weighted by atomic mass is 19.4. The number of halogens is 4. The second-order valence-corrected chi connectivity index (χ2v) is 9.71.